The maximum Gasteiger partial charge on any atom is 0.270 e. The fourth-order valence-corrected chi connectivity index (χ4v) is 2.34. The van der Waals surface area contributed by atoms with E-state index in [0.29, 0.717) is 5.69 Å². The molecule has 0 aliphatic carbocycles. The molecule has 0 saturated carbocycles. The molecule has 108 valence electrons. The van der Waals surface area contributed by atoms with Crippen molar-refractivity contribution in [3.8, 4) is 0 Å². The second-order valence-corrected chi connectivity index (χ2v) is 5.33. The maximum atomic E-state index is 12.2. The van der Waals surface area contributed by atoms with Crippen LogP contribution < -0.4 is 5.32 Å². The number of nitrogens with one attached hydrogen (secondary N) is 1. The number of hydrogen-bond donors (Lipinski definition) is 1. The van der Waals surface area contributed by atoms with Crippen LogP contribution in [0, 0.1) is 10.1 Å². The van der Waals surface area contributed by atoms with Gasteiger partial charge in [0.1, 0.15) is 0 Å². The van der Waals surface area contributed by atoms with Crippen LogP contribution in [0.25, 0.3) is 0 Å². The minimum Gasteiger partial charge on any atom is -0.322 e. The standard InChI is InChI=1S/C15H13BrN2O3/c1-2-10-8-12(16)6-7-14(10)17-15(19)11-4-3-5-13(9-11)18(20)21/h3-9H,2H2,1H3,(H,17,19). The largest absolute Gasteiger partial charge is 0.322 e. The van der Waals surface area contributed by atoms with Crippen molar-refractivity contribution in [1.29, 1.82) is 0 Å². The lowest BCUT2D eigenvalue weighted by Gasteiger charge is -2.10. The van der Waals surface area contributed by atoms with E-state index in [1.165, 1.54) is 18.2 Å². The average Bonchev–Trinajstić information content (AvgIpc) is 2.49. The van der Waals surface area contributed by atoms with Crippen LogP contribution in [-0.4, -0.2) is 10.8 Å². The molecule has 0 atom stereocenters. The number of carbonyl (C=O) groups excluding carboxylic acids is 1. The molecule has 6 heteroatoms. The van der Waals surface area contributed by atoms with Crippen LogP contribution in [-0.2, 0) is 6.42 Å². The van der Waals surface area contributed by atoms with Crippen LogP contribution in [0.15, 0.2) is 46.9 Å². The molecule has 2 rings (SSSR count). The Morgan fingerprint density at radius 3 is 2.71 bits per heavy atom. The third-order valence-electron chi connectivity index (χ3n) is 3.02. The summed E-state index contributed by atoms with van der Waals surface area (Å²) in [6.45, 7) is 1.99. The number of rotatable bonds is 4. The van der Waals surface area contributed by atoms with E-state index in [1.807, 2.05) is 19.1 Å². The van der Waals surface area contributed by atoms with Gasteiger partial charge in [0, 0.05) is 27.9 Å². The summed E-state index contributed by atoms with van der Waals surface area (Å²) < 4.78 is 0.938. The summed E-state index contributed by atoms with van der Waals surface area (Å²) in [7, 11) is 0. The summed E-state index contributed by atoms with van der Waals surface area (Å²) in [5, 5.41) is 13.5. The fraction of sp³-hybridized carbons (Fsp3) is 0.133. The first-order chi connectivity index (χ1) is 10.0. The third-order valence-corrected chi connectivity index (χ3v) is 3.51. The average molecular weight is 349 g/mol. The molecule has 2 aromatic rings. The fourth-order valence-electron chi connectivity index (χ4n) is 1.93. The zero-order valence-electron chi connectivity index (χ0n) is 11.3. The first kappa shape index (κ1) is 15.2. The number of nitro groups is 1. The molecule has 2 aromatic carbocycles. The Hall–Kier alpha value is -2.21. The van der Waals surface area contributed by atoms with Crippen molar-refractivity contribution >= 4 is 33.2 Å². The predicted molar refractivity (Wildman–Crippen MR) is 84.6 cm³/mol. The van der Waals surface area contributed by atoms with Crippen LogP contribution in [0.5, 0.6) is 0 Å². The van der Waals surface area contributed by atoms with Gasteiger partial charge >= 0.3 is 0 Å². The van der Waals surface area contributed by atoms with Crippen molar-refractivity contribution in [3.63, 3.8) is 0 Å². The molecule has 0 fully saturated rings. The van der Waals surface area contributed by atoms with Crippen LogP contribution >= 0.6 is 15.9 Å². The van der Waals surface area contributed by atoms with Crippen LogP contribution in [0.3, 0.4) is 0 Å². The zero-order chi connectivity index (χ0) is 15.4. The van der Waals surface area contributed by atoms with Crippen molar-refractivity contribution in [2.24, 2.45) is 0 Å². The molecule has 1 amide bonds. The molecule has 5 nitrogen and oxygen atoms in total. The van der Waals surface area contributed by atoms with Crippen LogP contribution in [0.1, 0.15) is 22.8 Å². The van der Waals surface area contributed by atoms with E-state index >= 15 is 0 Å². The van der Waals surface area contributed by atoms with E-state index < -0.39 is 4.92 Å². The molecular formula is C15H13BrN2O3. The Morgan fingerprint density at radius 2 is 2.05 bits per heavy atom. The number of halogens is 1. The smallest absolute Gasteiger partial charge is 0.270 e. The van der Waals surface area contributed by atoms with Crippen LogP contribution in [0.4, 0.5) is 11.4 Å². The first-order valence-corrected chi connectivity index (χ1v) is 7.14. The van der Waals surface area contributed by atoms with E-state index in [-0.39, 0.29) is 17.2 Å². The molecule has 0 saturated heterocycles. The summed E-state index contributed by atoms with van der Waals surface area (Å²) in [4.78, 5) is 22.4. The topological polar surface area (TPSA) is 72.2 Å². The quantitative estimate of drug-likeness (QED) is 0.665. The van der Waals surface area contributed by atoms with Gasteiger partial charge in [0.2, 0.25) is 0 Å². The highest BCUT2D eigenvalue weighted by Gasteiger charge is 2.13. The highest BCUT2D eigenvalue weighted by molar-refractivity contribution is 9.10. The summed E-state index contributed by atoms with van der Waals surface area (Å²) in [6.07, 6.45) is 0.768. The van der Waals surface area contributed by atoms with Crippen LogP contribution in [0.2, 0.25) is 0 Å². The summed E-state index contributed by atoms with van der Waals surface area (Å²) in [5.74, 6) is -0.365. The van der Waals surface area contributed by atoms with Gasteiger partial charge in [0.25, 0.3) is 11.6 Å². The van der Waals surface area contributed by atoms with Crippen molar-refractivity contribution in [3.05, 3.63) is 68.2 Å². The number of nitro benzene ring substituents is 1. The maximum absolute atomic E-state index is 12.2. The lowest BCUT2D eigenvalue weighted by Crippen LogP contribution is -2.13. The number of carbonyl (C=O) groups is 1. The number of hydrogen-bond acceptors (Lipinski definition) is 3. The van der Waals surface area contributed by atoms with Crippen molar-refractivity contribution < 1.29 is 9.72 Å². The first-order valence-electron chi connectivity index (χ1n) is 6.35. The number of aryl methyl sites for hydroxylation is 1. The lowest BCUT2D eigenvalue weighted by atomic mass is 10.1. The van der Waals surface area contributed by atoms with E-state index in [9.17, 15) is 14.9 Å². The predicted octanol–water partition coefficient (Wildman–Crippen LogP) is 4.17. The van der Waals surface area contributed by atoms with Crippen molar-refractivity contribution in [2.45, 2.75) is 13.3 Å². The highest BCUT2D eigenvalue weighted by Crippen LogP contribution is 2.22. The van der Waals surface area contributed by atoms with Gasteiger partial charge in [-0.05, 0) is 36.2 Å². The van der Waals surface area contributed by atoms with Gasteiger partial charge in [-0.25, -0.2) is 0 Å². The molecule has 0 aromatic heterocycles. The van der Waals surface area contributed by atoms with E-state index in [0.717, 1.165) is 16.5 Å². The second-order valence-electron chi connectivity index (χ2n) is 4.42. The molecule has 21 heavy (non-hydrogen) atoms. The van der Waals surface area contributed by atoms with Gasteiger partial charge in [0.15, 0.2) is 0 Å². The van der Waals surface area contributed by atoms with E-state index in [1.54, 1.807) is 12.1 Å². The number of non-ortho nitro benzene ring substituents is 1. The second kappa shape index (κ2) is 6.49. The minimum absolute atomic E-state index is 0.103. The molecule has 0 heterocycles. The Labute approximate surface area is 130 Å². The van der Waals surface area contributed by atoms with Gasteiger partial charge in [0.05, 0.1) is 4.92 Å². The molecule has 0 unspecified atom stereocenters. The lowest BCUT2D eigenvalue weighted by molar-refractivity contribution is -0.384. The Morgan fingerprint density at radius 1 is 1.29 bits per heavy atom. The summed E-state index contributed by atoms with van der Waals surface area (Å²) in [6, 6.07) is 11.2. The highest BCUT2D eigenvalue weighted by atomic mass is 79.9. The molecule has 0 aliphatic rings. The van der Waals surface area contributed by atoms with Gasteiger partial charge in [-0.3, -0.25) is 14.9 Å². The van der Waals surface area contributed by atoms with Gasteiger partial charge < -0.3 is 5.32 Å². The van der Waals surface area contributed by atoms with Gasteiger partial charge in [-0.1, -0.05) is 28.9 Å². The van der Waals surface area contributed by atoms with E-state index in [2.05, 4.69) is 21.2 Å². The molecule has 0 aliphatic heterocycles. The molecular weight excluding hydrogens is 336 g/mol. The number of nitrogens with zero attached hydrogens (tertiary/aromatic N) is 1. The number of benzene rings is 2. The molecule has 0 spiro atoms. The van der Waals surface area contributed by atoms with E-state index in [4.69, 9.17) is 0 Å². The zero-order valence-corrected chi connectivity index (χ0v) is 12.9. The normalized spacial score (nSPS) is 10.2. The molecule has 0 radical (unpaired) electrons. The Bertz CT molecular complexity index is 701. The summed E-state index contributed by atoms with van der Waals surface area (Å²) in [5.41, 5.74) is 1.85. The number of anilines is 1. The van der Waals surface area contributed by atoms with Crippen molar-refractivity contribution in [1.82, 2.24) is 0 Å². The Kier molecular flexibility index (Phi) is 4.70. The SMILES string of the molecule is CCc1cc(Br)ccc1NC(=O)c1cccc([N+](=O)[O-])c1. The number of amides is 1. The monoisotopic (exact) mass is 348 g/mol. The summed E-state index contributed by atoms with van der Waals surface area (Å²) >= 11 is 3.39. The Balaban J connectivity index is 2.26. The van der Waals surface area contributed by atoms with Gasteiger partial charge in [-0.15, -0.1) is 0 Å². The minimum atomic E-state index is -0.520. The molecule has 0 bridgehead atoms. The molecule has 1 N–H and O–H groups in total. The van der Waals surface area contributed by atoms with Gasteiger partial charge in [-0.2, -0.15) is 0 Å². The third kappa shape index (κ3) is 3.66. The van der Waals surface area contributed by atoms with Crippen molar-refractivity contribution in [2.75, 3.05) is 5.32 Å².